The number of rotatable bonds is 11. The molecular formula is C28H39N5O2. The van der Waals surface area contributed by atoms with Gasteiger partial charge >= 0.3 is 0 Å². The Morgan fingerprint density at radius 2 is 1.89 bits per heavy atom. The van der Waals surface area contributed by atoms with E-state index in [1.54, 1.807) is 13.1 Å². The average molecular weight is 478 g/mol. The van der Waals surface area contributed by atoms with Gasteiger partial charge in [-0.3, -0.25) is 9.80 Å². The molecule has 2 unspecified atom stereocenters. The summed E-state index contributed by atoms with van der Waals surface area (Å²) < 4.78 is 8.53. The zero-order chi connectivity index (χ0) is 24.5. The molecule has 1 aromatic carbocycles. The van der Waals surface area contributed by atoms with Crippen LogP contribution in [0.1, 0.15) is 30.8 Å². The number of aliphatic hydroxyl groups is 1. The molecule has 2 aliphatic rings. The van der Waals surface area contributed by atoms with Gasteiger partial charge in [0.05, 0.1) is 6.61 Å². The summed E-state index contributed by atoms with van der Waals surface area (Å²) in [6.07, 6.45) is 14.7. The number of imidazole rings is 1. The molecule has 0 amide bonds. The minimum atomic E-state index is -0.597. The van der Waals surface area contributed by atoms with Crippen LogP contribution in [0.3, 0.4) is 0 Å². The van der Waals surface area contributed by atoms with Crippen LogP contribution in [0.25, 0.3) is 5.57 Å². The van der Waals surface area contributed by atoms with Crippen LogP contribution in [0.5, 0.6) is 0 Å². The van der Waals surface area contributed by atoms with Gasteiger partial charge in [0.2, 0.25) is 0 Å². The van der Waals surface area contributed by atoms with Crippen molar-refractivity contribution in [3.8, 4) is 0 Å². The fourth-order valence-electron chi connectivity index (χ4n) is 4.75. The van der Waals surface area contributed by atoms with E-state index in [9.17, 15) is 5.11 Å². The topological polar surface area (TPSA) is 79.8 Å². The third kappa shape index (κ3) is 6.99. The van der Waals surface area contributed by atoms with Gasteiger partial charge in [-0.2, -0.15) is 0 Å². The van der Waals surface area contributed by atoms with E-state index in [1.165, 1.54) is 11.1 Å². The lowest BCUT2D eigenvalue weighted by molar-refractivity contribution is 0.00857. The van der Waals surface area contributed by atoms with Gasteiger partial charge in [0.1, 0.15) is 17.5 Å². The number of hydrogen-bond acceptors (Lipinski definition) is 6. The molecule has 2 aromatic rings. The van der Waals surface area contributed by atoms with Crippen LogP contribution in [0.4, 0.5) is 0 Å². The van der Waals surface area contributed by atoms with E-state index in [1.807, 2.05) is 16.8 Å². The first-order chi connectivity index (χ1) is 17.1. The Kier molecular flexibility index (Phi) is 9.06. The maximum absolute atomic E-state index is 9.95. The van der Waals surface area contributed by atoms with Crippen LogP contribution in [-0.2, 0) is 11.3 Å². The van der Waals surface area contributed by atoms with Crippen molar-refractivity contribution in [2.75, 3.05) is 52.4 Å². The van der Waals surface area contributed by atoms with E-state index in [2.05, 4.69) is 69.4 Å². The Morgan fingerprint density at radius 1 is 1.14 bits per heavy atom. The number of ether oxygens (including phenoxy) is 1. The highest BCUT2D eigenvalue weighted by Crippen LogP contribution is 2.31. The molecule has 0 radical (unpaired) electrons. The van der Waals surface area contributed by atoms with Gasteiger partial charge < -0.3 is 20.1 Å². The lowest BCUT2D eigenvalue weighted by atomic mass is 9.89. The second-order valence-corrected chi connectivity index (χ2v) is 9.35. The number of nitrogens with zero attached hydrogens (tertiary/aromatic N) is 4. The summed E-state index contributed by atoms with van der Waals surface area (Å²) in [6.45, 7) is 9.93. The highest BCUT2D eigenvalue weighted by molar-refractivity contribution is 5.75. The van der Waals surface area contributed by atoms with Gasteiger partial charge in [-0.1, -0.05) is 54.6 Å². The highest BCUT2D eigenvalue weighted by Gasteiger charge is 2.27. The predicted molar refractivity (Wildman–Crippen MR) is 141 cm³/mol. The predicted octanol–water partition coefficient (Wildman–Crippen LogP) is 2.87. The Bertz CT molecular complexity index is 1010. The molecule has 0 spiro atoms. The van der Waals surface area contributed by atoms with Gasteiger partial charge in [-0.25, -0.2) is 4.98 Å². The third-order valence-corrected chi connectivity index (χ3v) is 6.81. The molecule has 7 nitrogen and oxygen atoms in total. The highest BCUT2D eigenvalue weighted by atomic mass is 16.5. The lowest BCUT2D eigenvalue weighted by Crippen LogP contribution is -2.48. The Hall–Kier alpha value is -2.55. The van der Waals surface area contributed by atoms with E-state index in [0.29, 0.717) is 19.0 Å². The summed E-state index contributed by atoms with van der Waals surface area (Å²) in [4.78, 5) is 9.17. The van der Waals surface area contributed by atoms with Crippen molar-refractivity contribution in [2.24, 2.45) is 5.73 Å². The molecule has 0 bridgehead atoms. The molecule has 3 N–H and O–H groups in total. The largest absolute Gasteiger partial charge is 0.385 e. The van der Waals surface area contributed by atoms with E-state index in [4.69, 9.17) is 10.5 Å². The molecule has 7 heteroatoms. The van der Waals surface area contributed by atoms with E-state index >= 15 is 0 Å². The first-order valence-corrected chi connectivity index (χ1v) is 12.7. The molecule has 188 valence electrons. The number of hydrogen-bond donors (Lipinski definition) is 2. The van der Waals surface area contributed by atoms with E-state index in [-0.39, 0.29) is 0 Å². The van der Waals surface area contributed by atoms with E-state index < -0.39 is 11.7 Å². The summed E-state index contributed by atoms with van der Waals surface area (Å²) >= 11 is 0. The smallest absolute Gasteiger partial charge is 0.137 e. The minimum Gasteiger partial charge on any atom is -0.385 e. The minimum absolute atomic E-state index is 0.481. The Morgan fingerprint density at radius 3 is 2.54 bits per heavy atom. The first-order valence-electron chi connectivity index (χ1n) is 12.7. The van der Waals surface area contributed by atoms with Crippen molar-refractivity contribution in [3.63, 3.8) is 0 Å². The maximum Gasteiger partial charge on any atom is 0.137 e. The standard InChI is InChI=1S/C28H39N5O2/c1-24(34)27-30-14-17-33(27)15-5-10-28(11-8-26(9-12-28)25-6-3-2-4-7-25)35-23-22-32-20-18-31(16-13-29)19-21-32/h2-11,14,17,24,34H,12-13,15-16,18-23,29H2,1H3/b10-5+. The molecule has 1 aromatic heterocycles. The normalized spacial score (nSPS) is 22.5. The summed E-state index contributed by atoms with van der Waals surface area (Å²) in [5, 5.41) is 9.95. The van der Waals surface area contributed by atoms with Gasteiger partial charge in [0.15, 0.2) is 0 Å². The van der Waals surface area contributed by atoms with E-state index in [0.717, 1.165) is 52.2 Å². The molecule has 1 aliphatic heterocycles. The van der Waals surface area contributed by atoms with Crippen LogP contribution in [-0.4, -0.2) is 82.5 Å². The molecule has 2 heterocycles. The van der Waals surface area contributed by atoms with Crippen molar-refractivity contribution in [2.45, 2.75) is 31.6 Å². The molecule has 2 atom stereocenters. The van der Waals surface area contributed by atoms with Crippen molar-refractivity contribution in [3.05, 3.63) is 84.5 Å². The number of benzene rings is 1. The molecule has 1 fully saturated rings. The molecule has 0 saturated carbocycles. The summed E-state index contributed by atoms with van der Waals surface area (Å²) in [6, 6.07) is 10.5. The van der Waals surface area contributed by atoms with Crippen LogP contribution in [0.15, 0.2) is 73.1 Å². The second kappa shape index (κ2) is 12.4. The molecule has 35 heavy (non-hydrogen) atoms. The van der Waals surface area contributed by atoms with Crippen LogP contribution >= 0.6 is 0 Å². The van der Waals surface area contributed by atoms with Crippen LogP contribution in [0.2, 0.25) is 0 Å². The summed E-state index contributed by atoms with van der Waals surface area (Å²) in [7, 11) is 0. The molecule has 1 aliphatic carbocycles. The van der Waals surface area contributed by atoms with Gasteiger partial charge in [-0.15, -0.1) is 0 Å². The number of nitrogens with two attached hydrogens (primary N) is 1. The molecule has 1 saturated heterocycles. The zero-order valence-electron chi connectivity index (χ0n) is 20.8. The summed E-state index contributed by atoms with van der Waals surface area (Å²) in [5.41, 5.74) is 7.66. The van der Waals surface area contributed by atoms with Gasteiger partial charge in [-0.05, 0) is 24.1 Å². The molecule has 4 rings (SSSR count). The van der Waals surface area contributed by atoms with Crippen molar-refractivity contribution in [1.82, 2.24) is 19.4 Å². The van der Waals surface area contributed by atoms with Gasteiger partial charge in [0.25, 0.3) is 0 Å². The van der Waals surface area contributed by atoms with Crippen molar-refractivity contribution in [1.29, 1.82) is 0 Å². The fraction of sp³-hybridized carbons (Fsp3) is 0.464. The first kappa shape index (κ1) is 25.5. The maximum atomic E-state index is 9.95. The average Bonchev–Trinajstić information content (AvgIpc) is 3.35. The number of allylic oxidation sites excluding steroid dienone is 3. The van der Waals surface area contributed by atoms with Crippen LogP contribution < -0.4 is 5.73 Å². The summed E-state index contributed by atoms with van der Waals surface area (Å²) in [5.74, 6) is 0.670. The Balaban J connectivity index is 1.40. The number of piperazine rings is 1. The lowest BCUT2D eigenvalue weighted by Gasteiger charge is -2.36. The molecular weight excluding hydrogens is 438 g/mol. The Labute approximate surface area is 209 Å². The van der Waals surface area contributed by atoms with Crippen LogP contribution in [0, 0.1) is 0 Å². The van der Waals surface area contributed by atoms with Gasteiger partial charge in [0, 0.05) is 71.2 Å². The fourth-order valence-corrected chi connectivity index (χ4v) is 4.75. The second-order valence-electron chi connectivity index (χ2n) is 9.35. The third-order valence-electron chi connectivity index (χ3n) is 6.81. The zero-order valence-corrected chi connectivity index (χ0v) is 20.8. The van der Waals surface area contributed by atoms with Crippen molar-refractivity contribution < 1.29 is 9.84 Å². The number of aromatic nitrogens is 2. The monoisotopic (exact) mass is 477 g/mol. The quantitative estimate of drug-likeness (QED) is 0.485. The SMILES string of the molecule is CC(O)c1nccn1C/C=C/C1(OCCN2CCN(CCN)CC2)C=CC(c2ccccc2)=CC1. The number of aliphatic hydroxyl groups excluding tert-OH is 1. The van der Waals surface area contributed by atoms with Crippen molar-refractivity contribution >= 4 is 5.57 Å².